The van der Waals surface area contributed by atoms with E-state index in [0.29, 0.717) is 0 Å². The van der Waals surface area contributed by atoms with E-state index in [0.717, 1.165) is 42.4 Å². The third-order valence-electron chi connectivity index (χ3n) is 4.43. The minimum absolute atomic E-state index is 0.919. The van der Waals surface area contributed by atoms with Gasteiger partial charge < -0.3 is 5.11 Å². The molecule has 0 bridgehead atoms. The van der Waals surface area contributed by atoms with Crippen LogP contribution in [-0.4, -0.2) is 5.11 Å². The zero-order valence-electron chi connectivity index (χ0n) is 12.5. The fraction of sp³-hybridized carbons (Fsp3) is 0.300. The molecular formula is C20H22O. The second kappa shape index (κ2) is 5.87. The summed E-state index contributed by atoms with van der Waals surface area (Å²) in [7, 11) is 0. The molecule has 0 heterocycles. The number of hydrogen-bond acceptors (Lipinski definition) is 1. The zero-order chi connectivity index (χ0) is 14.7. The summed E-state index contributed by atoms with van der Waals surface area (Å²) >= 11 is 0. The molecule has 1 aromatic carbocycles. The van der Waals surface area contributed by atoms with Gasteiger partial charge in [0, 0.05) is 0 Å². The monoisotopic (exact) mass is 278 g/mol. The first-order chi connectivity index (χ1) is 10.2. The lowest BCUT2D eigenvalue weighted by molar-refractivity contribution is 0.108. The summed E-state index contributed by atoms with van der Waals surface area (Å²) < 4.78 is 0. The van der Waals surface area contributed by atoms with Crippen molar-refractivity contribution in [3.05, 3.63) is 83.0 Å². The molecule has 2 aliphatic carbocycles. The van der Waals surface area contributed by atoms with Crippen LogP contribution in [0.15, 0.2) is 71.9 Å². The molecule has 0 saturated carbocycles. The minimum Gasteiger partial charge on any atom is -0.377 e. The molecule has 1 heteroatoms. The van der Waals surface area contributed by atoms with Crippen molar-refractivity contribution in [2.24, 2.45) is 0 Å². The van der Waals surface area contributed by atoms with Crippen LogP contribution in [0, 0.1) is 6.92 Å². The van der Waals surface area contributed by atoms with Crippen LogP contribution in [0.2, 0.25) is 0 Å². The average Bonchev–Trinajstić information content (AvgIpc) is 2.56. The average molecular weight is 278 g/mol. The molecule has 2 aliphatic rings. The van der Waals surface area contributed by atoms with Gasteiger partial charge in [-0.1, -0.05) is 66.3 Å². The van der Waals surface area contributed by atoms with Crippen molar-refractivity contribution in [3.8, 4) is 0 Å². The highest BCUT2D eigenvalue weighted by atomic mass is 16.3. The van der Waals surface area contributed by atoms with Gasteiger partial charge in [-0.3, -0.25) is 0 Å². The van der Waals surface area contributed by atoms with Gasteiger partial charge in [-0.05, 0) is 49.3 Å². The highest BCUT2D eigenvalue weighted by Gasteiger charge is 2.37. The van der Waals surface area contributed by atoms with Crippen molar-refractivity contribution < 1.29 is 5.11 Å². The van der Waals surface area contributed by atoms with Crippen molar-refractivity contribution in [1.29, 1.82) is 0 Å². The Kier molecular flexibility index (Phi) is 3.94. The molecule has 108 valence electrons. The normalized spacial score (nSPS) is 18.4. The molecule has 0 spiro atoms. The SMILES string of the molecule is Cc1ccc(C(O)(C2=CC=CCC2)C2=CC=CCC2)cc1. The summed E-state index contributed by atoms with van der Waals surface area (Å²) in [4.78, 5) is 0. The summed E-state index contributed by atoms with van der Waals surface area (Å²) in [5.74, 6) is 0. The smallest absolute Gasteiger partial charge is 0.133 e. The van der Waals surface area contributed by atoms with Crippen LogP contribution < -0.4 is 0 Å². The van der Waals surface area contributed by atoms with Gasteiger partial charge >= 0.3 is 0 Å². The third kappa shape index (κ3) is 2.66. The molecule has 0 unspecified atom stereocenters. The summed E-state index contributed by atoms with van der Waals surface area (Å²) in [5.41, 5.74) is 3.46. The molecule has 1 N–H and O–H groups in total. The molecule has 1 nitrogen and oxygen atoms in total. The van der Waals surface area contributed by atoms with Gasteiger partial charge in [0.05, 0.1) is 0 Å². The molecule has 0 amide bonds. The van der Waals surface area contributed by atoms with E-state index in [2.05, 4.69) is 67.6 Å². The first kappa shape index (κ1) is 14.1. The fourth-order valence-electron chi connectivity index (χ4n) is 3.18. The van der Waals surface area contributed by atoms with Gasteiger partial charge in [-0.25, -0.2) is 0 Å². The molecule has 0 radical (unpaired) electrons. The predicted octanol–water partition coefficient (Wildman–Crippen LogP) is 4.74. The molecule has 3 rings (SSSR count). The second-order valence-corrected chi connectivity index (χ2v) is 5.89. The van der Waals surface area contributed by atoms with Gasteiger partial charge in [-0.2, -0.15) is 0 Å². The highest BCUT2D eigenvalue weighted by Crippen LogP contribution is 2.42. The lowest BCUT2D eigenvalue weighted by Crippen LogP contribution is -2.32. The van der Waals surface area contributed by atoms with Crippen LogP contribution in [0.1, 0.15) is 36.8 Å². The van der Waals surface area contributed by atoms with Gasteiger partial charge in [0.25, 0.3) is 0 Å². The molecule has 21 heavy (non-hydrogen) atoms. The van der Waals surface area contributed by atoms with Gasteiger partial charge in [-0.15, -0.1) is 0 Å². The van der Waals surface area contributed by atoms with E-state index >= 15 is 0 Å². The number of aryl methyl sites for hydroxylation is 1. The van der Waals surface area contributed by atoms with E-state index in [4.69, 9.17) is 0 Å². The Balaban J connectivity index is 2.11. The Hall–Kier alpha value is -1.86. The first-order valence-corrected chi connectivity index (χ1v) is 7.73. The van der Waals surface area contributed by atoms with E-state index in [-0.39, 0.29) is 0 Å². The number of rotatable bonds is 3. The van der Waals surface area contributed by atoms with Crippen molar-refractivity contribution >= 4 is 0 Å². The van der Waals surface area contributed by atoms with Gasteiger partial charge in [0.1, 0.15) is 5.60 Å². The maximum absolute atomic E-state index is 11.6. The summed E-state index contributed by atoms with van der Waals surface area (Å²) in [5, 5.41) is 11.6. The number of allylic oxidation sites excluding steroid dienone is 6. The van der Waals surface area contributed by atoms with E-state index in [1.807, 2.05) is 0 Å². The van der Waals surface area contributed by atoms with Crippen LogP contribution in [0.4, 0.5) is 0 Å². The third-order valence-corrected chi connectivity index (χ3v) is 4.43. The number of aliphatic hydroxyl groups is 1. The van der Waals surface area contributed by atoms with E-state index < -0.39 is 5.60 Å². The van der Waals surface area contributed by atoms with E-state index in [1.54, 1.807) is 0 Å². The lowest BCUT2D eigenvalue weighted by Gasteiger charge is -2.36. The first-order valence-electron chi connectivity index (χ1n) is 7.73. The molecule has 0 aliphatic heterocycles. The van der Waals surface area contributed by atoms with Crippen LogP contribution in [0.3, 0.4) is 0 Å². The molecular weight excluding hydrogens is 256 g/mol. The fourth-order valence-corrected chi connectivity index (χ4v) is 3.18. The topological polar surface area (TPSA) is 20.2 Å². The zero-order valence-corrected chi connectivity index (χ0v) is 12.5. The Morgan fingerprint density at radius 2 is 1.38 bits per heavy atom. The Bertz CT molecular complexity index is 594. The maximum atomic E-state index is 11.6. The van der Waals surface area contributed by atoms with Crippen LogP contribution in [0.5, 0.6) is 0 Å². The van der Waals surface area contributed by atoms with Crippen LogP contribution in [0.25, 0.3) is 0 Å². The lowest BCUT2D eigenvalue weighted by atomic mass is 9.74. The summed E-state index contributed by atoms with van der Waals surface area (Å²) in [6.45, 7) is 2.08. The molecule has 0 aromatic heterocycles. The van der Waals surface area contributed by atoms with Crippen LogP contribution in [-0.2, 0) is 5.60 Å². The Morgan fingerprint density at radius 1 is 0.857 bits per heavy atom. The Morgan fingerprint density at radius 3 is 1.81 bits per heavy atom. The maximum Gasteiger partial charge on any atom is 0.133 e. The Labute approximate surface area is 127 Å². The highest BCUT2D eigenvalue weighted by molar-refractivity contribution is 5.47. The van der Waals surface area contributed by atoms with Crippen molar-refractivity contribution in [1.82, 2.24) is 0 Å². The van der Waals surface area contributed by atoms with Crippen LogP contribution >= 0.6 is 0 Å². The largest absolute Gasteiger partial charge is 0.377 e. The molecule has 0 saturated heterocycles. The van der Waals surface area contributed by atoms with E-state index in [9.17, 15) is 5.11 Å². The van der Waals surface area contributed by atoms with Crippen molar-refractivity contribution in [2.75, 3.05) is 0 Å². The quantitative estimate of drug-likeness (QED) is 0.847. The minimum atomic E-state index is -0.955. The molecule has 0 fully saturated rings. The van der Waals surface area contributed by atoms with Gasteiger partial charge in [0.2, 0.25) is 0 Å². The molecule has 0 atom stereocenters. The predicted molar refractivity (Wildman–Crippen MR) is 88.0 cm³/mol. The summed E-state index contributed by atoms with van der Waals surface area (Å²) in [6, 6.07) is 8.29. The van der Waals surface area contributed by atoms with Crippen molar-refractivity contribution in [3.63, 3.8) is 0 Å². The number of hydrogen-bond donors (Lipinski definition) is 1. The van der Waals surface area contributed by atoms with Crippen molar-refractivity contribution in [2.45, 2.75) is 38.2 Å². The number of benzene rings is 1. The summed E-state index contributed by atoms with van der Waals surface area (Å²) in [6.07, 6.45) is 16.5. The van der Waals surface area contributed by atoms with E-state index in [1.165, 1.54) is 5.56 Å². The standard InChI is InChI=1S/C20H22O/c1-16-12-14-19(15-13-16)20(21,17-8-4-2-5-9-17)18-10-6-3-7-11-18/h2-4,6,8,10,12-15,21H,5,7,9,11H2,1H3. The van der Waals surface area contributed by atoms with Gasteiger partial charge in [0.15, 0.2) is 0 Å². The second-order valence-electron chi connectivity index (χ2n) is 5.89. The molecule has 1 aromatic rings.